The quantitative estimate of drug-likeness (QED) is 0.709. The highest BCUT2D eigenvalue weighted by atomic mass is 16.2. The summed E-state index contributed by atoms with van der Waals surface area (Å²) in [4.78, 5) is 38.0. The lowest BCUT2D eigenvalue weighted by Crippen LogP contribution is -2.51. The molecule has 4 amide bonds. The molecule has 0 bridgehead atoms. The lowest BCUT2D eigenvalue weighted by molar-refractivity contribution is -0.136. The van der Waals surface area contributed by atoms with Gasteiger partial charge in [-0.15, -0.1) is 0 Å². The zero-order valence-electron chi connectivity index (χ0n) is 16.6. The topological polar surface area (TPSA) is 90.5 Å². The van der Waals surface area contributed by atoms with Gasteiger partial charge in [-0.05, 0) is 58.1 Å². The maximum Gasteiger partial charge on any atom is 0.317 e. The van der Waals surface area contributed by atoms with E-state index in [9.17, 15) is 14.4 Å². The molecule has 2 rings (SSSR count). The Kier molecular flexibility index (Phi) is 6.82. The van der Waals surface area contributed by atoms with Crippen LogP contribution < -0.4 is 16.0 Å². The van der Waals surface area contributed by atoms with Gasteiger partial charge in [0.2, 0.25) is 0 Å². The first-order valence-electron chi connectivity index (χ1n) is 9.37. The number of nitrogens with one attached hydrogen (secondary N) is 3. The van der Waals surface area contributed by atoms with E-state index in [2.05, 4.69) is 16.0 Å². The minimum Gasteiger partial charge on any atom is -0.348 e. The summed E-state index contributed by atoms with van der Waals surface area (Å²) in [6.07, 6.45) is 1.61. The molecule has 1 heterocycles. The van der Waals surface area contributed by atoms with E-state index in [1.807, 2.05) is 45.9 Å². The molecule has 0 saturated carbocycles. The van der Waals surface area contributed by atoms with Gasteiger partial charge in [0.15, 0.2) is 0 Å². The molecular weight excluding hydrogens is 344 g/mol. The van der Waals surface area contributed by atoms with Gasteiger partial charge in [-0.25, -0.2) is 4.79 Å². The second-order valence-electron chi connectivity index (χ2n) is 8.09. The number of anilines is 1. The minimum atomic E-state index is -0.661. The fourth-order valence-corrected chi connectivity index (χ4v) is 2.95. The van der Waals surface area contributed by atoms with Crippen LogP contribution in [0.3, 0.4) is 0 Å². The van der Waals surface area contributed by atoms with Crippen LogP contribution in [0.5, 0.6) is 0 Å². The summed E-state index contributed by atoms with van der Waals surface area (Å²) >= 11 is 0. The summed E-state index contributed by atoms with van der Waals surface area (Å²) in [6, 6.07) is 7.27. The van der Waals surface area contributed by atoms with Crippen LogP contribution in [0.1, 0.15) is 39.2 Å². The molecule has 3 N–H and O–H groups in total. The van der Waals surface area contributed by atoms with Gasteiger partial charge < -0.3 is 20.9 Å². The Bertz CT molecular complexity index is 689. The molecule has 0 unspecified atom stereocenters. The largest absolute Gasteiger partial charge is 0.348 e. The number of carbonyl (C=O) groups is 3. The van der Waals surface area contributed by atoms with Crippen LogP contribution in [-0.4, -0.2) is 47.9 Å². The Labute approximate surface area is 160 Å². The van der Waals surface area contributed by atoms with Crippen molar-refractivity contribution in [3.63, 3.8) is 0 Å². The predicted molar refractivity (Wildman–Crippen MR) is 105 cm³/mol. The third-order valence-electron chi connectivity index (χ3n) is 4.53. The van der Waals surface area contributed by atoms with E-state index in [1.165, 1.54) is 0 Å². The van der Waals surface area contributed by atoms with Gasteiger partial charge in [0.05, 0.1) is 0 Å². The van der Waals surface area contributed by atoms with Crippen molar-refractivity contribution in [2.45, 2.75) is 46.1 Å². The number of rotatable bonds is 3. The SMILES string of the molecule is Cc1ccccc1NC(=O)C(=O)NCC1CCN(C(=O)NC(C)(C)C)CC1. The first kappa shape index (κ1) is 20.7. The smallest absolute Gasteiger partial charge is 0.317 e. The fraction of sp³-hybridized carbons (Fsp3) is 0.550. The molecule has 7 nitrogen and oxygen atoms in total. The number of para-hydroxylation sites is 1. The van der Waals surface area contributed by atoms with Gasteiger partial charge in [0, 0.05) is 30.9 Å². The van der Waals surface area contributed by atoms with E-state index in [0.29, 0.717) is 25.3 Å². The maximum atomic E-state index is 12.2. The molecule has 7 heteroatoms. The normalized spacial score (nSPS) is 15.2. The van der Waals surface area contributed by atoms with Crippen molar-refractivity contribution in [2.24, 2.45) is 5.92 Å². The molecule has 1 aliphatic rings. The van der Waals surface area contributed by atoms with Crippen LogP contribution in [0.4, 0.5) is 10.5 Å². The predicted octanol–water partition coefficient (Wildman–Crippen LogP) is 2.27. The van der Waals surface area contributed by atoms with Gasteiger partial charge in [-0.1, -0.05) is 18.2 Å². The number of urea groups is 1. The molecule has 0 atom stereocenters. The number of likely N-dealkylation sites (tertiary alicyclic amines) is 1. The van der Waals surface area contributed by atoms with Crippen LogP contribution in [0, 0.1) is 12.8 Å². The number of nitrogens with zero attached hydrogens (tertiary/aromatic N) is 1. The average Bonchev–Trinajstić information content (AvgIpc) is 2.60. The summed E-state index contributed by atoms with van der Waals surface area (Å²) in [5, 5.41) is 8.29. The Balaban J connectivity index is 1.73. The number of piperidine rings is 1. The Hall–Kier alpha value is -2.57. The molecule has 1 aliphatic heterocycles. The van der Waals surface area contributed by atoms with Crippen molar-refractivity contribution in [3.05, 3.63) is 29.8 Å². The molecule has 1 fully saturated rings. The van der Waals surface area contributed by atoms with Gasteiger partial charge >= 0.3 is 17.8 Å². The summed E-state index contributed by atoms with van der Waals surface area (Å²) in [6.45, 7) is 9.47. The van der Waals surface area contributed by atoms with Crippen molar-refractivity contribution >= 4 is 23.5 Å². The van der Waals surface area contributed by atoms with Gasteiger partial charge in [0.25, 0.3) is 0 Å². The van der Waals surface area contributed by atoms with Crippen LogP contribution in [0.2, 0.25) is 0 Å². The first-order valence-corrected chi connectivity index (χ1v) is 9.37. The minimum absolute atomic E-state index is 0.0532. The van der Waals surface area contributed by atoms with Gasteiger partial charge in [-0.3, -0.25) is 9.59 Å². The third kappa shape index (κ3) is 6.58. The highest BCUT2D eigenvalue weighted by Gasteiger charge is 2.26. The molecule has 148 valence electrons. The Morgan fingerprint density at radius 2 is 1.70 bits per heavy atom. The monoisotopic (exact) mass is 374 g/mol. The summed E-state index contributed by atoms with van der Waals surface area (Å²) in [5.74, 6) is -1.03. The molecular formula is C20H30N4O3. The van der Waals surface area contributed by atoms with Crippen molar-refractivity contribution in [3.8, 4) is 0 Å². The number of aryl methyl sites for hydroxylation is 1. The van der Waals surface area contributed by atoms with E-state index in [0.717, 1.165) is 18.4 Å². The van der Waals surface area contributed by atoms with Crippen LogP contribution in [0.15, 0.2) is 24.3 Å². The summed E-state index contributed by atoms with van der Waals surface area (Å²) < 4.78 is 0. The highest BCUT2D eigenvalue weighted by Crippen LogP contribution is 2.17. The standard InChI is InChI=1S/C20H30N4O3/c1-14-7-5-6-8-16(14)22-18(26)17(25)21-13-15-9-11-24(12-10-15)19(27)23-20(2,3)4/h5-8,15H,9-13H2,1-4H3,(H,21,25)(H,22,26)(H,23,27). The Morgan fingerprint density at radius 3 is 2.30 bits per heavy atom. The van der Waals surface area contributed by atoms with Crippen molar-refractivity contribution < 1.29 is 14.4 Å². The van der Waals surface area contributed by atoms with Crippen LogP contribution in [0.25, 0.3) is 0 Å². The number of hydrogen-bond acceptors (Lipinski definition) is 3. The summed E-state index contributed by atoms with van der Waals surface area (Å²) in [5.41, 5.74) is 1.28. The fourth-order valence-electron chi connectivity index (χ4n) is 2.95. The molecule has 0 aromatic heterocycles. The van der Waals surface area contributed by atoms with Crippen LogP contribution >= 0.6 is 0 Å². The number of carbonyl (C=O) groups excluding carboxylic acids is 3. The van der Waals surface area contributed by atoms with E-state index >= 15 is 0 Å². The van der Waals surface area contributed by atoms with E-state index < -0.39 is 11.8 Å². The zero-order chi connectivity index (χ0) is 20.0. The molecule has 1 saturated heterocycles. The summed E-state index contributed by atoms with van der Waals surface area (Å²) in [7, 11) is 0. The number of hydrogen-bond donors (Lipinski definition) is 3. The van der Waals surface area contributed by atoms with Gasteiger partial charge in [0.1, 0.15) is 0 Å². The third-order valence-corrected chi connectivity index (χ3v) is 4.53. The molecule has 0 radical (unpaired) electrons. The maximum absolute atomic E-state index is 12.2. The second kappa shape index (κ2) is 8.88. The molecule has 1 aromatic carbocycles. The van der Waals surface area contributed by atoms with Gasteiger partial charge in [-0.2, -0.15) is 0 Å². The Morgan fingerprint density at radius 1 is 1.07 bits per heavy atom. The van der Waals surface area contributed by atoms with Crippen LogP contribution in [-0.2, 0) is 9.59 Å². The highest BCUT2D eigenvalue weighted by molar-refractivity contribution is 6.39. The first-order chi connectivity index (χ1) is 12.7. The van der Waals surface area contributed by atoms with E-state index in [-0.39, 0.29) is 17.5 Å². The van der Waals surface area contributed by atoms with Crippen molar-refractivity contribution in [1.82, 2.24) is 15.5 Å². The van der Waals surface area contributed by atoms with Crippen molar-refractivity contribution in [2.75, 3.05) is 25.0 Å². The van der Waals surface area contributed by atoms with E-state index in [4.69, 9.17) is 0 Å². The molecule has 27 heavy (non-hydrogen) atoms. The van der Waals surface area contributed by atoms with E-state index in [1.54, 1.807) is 11.0 Å². The lowest BCUT2D eigenvalue weighted by Gasteiger charge is -2.34. The molecule has 1 aromatic rings. The zero-order valence-corrected chi connectivity index (χ0v) is 16.6. The molecule has 0 aliphatic carbocycles. The molecule has 0 spiro atoms. The van der Waals surface area contributed by atoms with Crippen molar-refractivity contribution in [1.29, 1.82) is 0 Å². The second-order valence-corrected chi connectivity index (χ2v) is 8.09. The lowest BCUT2D eigenvalue weighted by atomic mass is 9.97. The average molecular weight is 374 g/mol. The number of benzene rings is 1. The number of amides is 4.